The average molecular weight is 803 g/mol. The largest absolute Gasteiger partial charge is 0.504 e. The molecule has 0 bridgehead atoms. The first kappa shape index (κ1) is 43.4. The predicted molar refractivity (Wildman–Crippen MR) is 181 cm³/mol. The summed E-state index contributed by atoms with van der Waals surface area (Å²) in [4.78, 5) is 13.3. The van der Waals surface area contributed by atoms with Crippen molar-refractivity contribution in [2.45, 2.75) is 105 Å². The zero-order chi connectivity index (χ0) is 41.0. The monoisotopic (exact) mass is 802 g/mol. The maximum atomic E-state index is 13.3. The molecule has 56 heavy (non-hydrogen) atoms. The van der Waals surface area contributed by atoms with Gasteiger partial charge < -0.3 is 99.5 Å². The zero-order valence-corrected chi connectivity index (χ0v) is 29.6. The van der Waals surface area contributed by atoms with Crippen molar-refractivity contribution >= 4 is 12.0 Å². The van der Waals surface area contributed by atoms with E-state index in [1.165, 1.54) is 25.1 Å². The molecule has 3 aliphatic heterocycles. The summed E-state index contributed by atoms with van der Waals surface area (Å²) in [5, 5.41) is 134. The number of carbonyl (C=O) groups is 1. The minimum absolute atomic E-state index is 0.0710. The van der Waals surface area contributed by atoms with Crippen molar-refractivity contribution in [2.75, 3.05) is 19.8 Å². The molecule has 0 aromatic heterocycles. The van der Waals surface area contributed by atoms with E-state index in [1.807, 2.05) is 0 Å². The van der Waals surface area contributed by atoms with Crippen molar-refractivity contribution in [3.8, 4) is 23.0 Å². The fourth-order valence-electron chi connectivity index (χ4n) is 6.15. The third kappa shape index (κ3) is 9.85. The van der Waals surface area contributed by atoms with E-state index >= 15 is 0 Å². The van der Waals surface area contributed by atoms with E-state index in [2.05, 4.69) is 0 Å². The van der Waals surface area contributed by atoms with Crippen molar-refractivity contribution in [3.63, 3.8) is 0 Å². The van der Waals surface area contributed by atoms with E-state index < -0.39 is 147 Å². The minimum Gasteiger partial charge on any atom is -0.504 e. The number of aromatic hydroxyl groups is 4. The molecule has 21 nitrogen and oxygen atoms in total. The van der Waals surface area contributed by atoms with Gasteiger partial charge in [-0.05, 0) is 48.4 Å². The molecular formula is C35H46O21. The average Bonchev–Trinajstić information content (AvgIpc) is 3.17. The van der Waals surface area contributed by atoms with Gasteiger partial charge in [0.2, 0.25) is 0 Å². The first-order valence-electron chi connectivity index (χ1n) is 17.3. The maximum absolute atomic E-state index is 13.3. The maximum Gasteiger partial charge on any atom is 0.331 e. The van der Waals surface area contributed by atoms with Crippen LogP contribution in [0.1, 0.15) is 24.2 Å². The lowest BCUT2D eigenvalue weighted by molar-refractivity contribution is -0.365. The van der Waals surface area contributed by atoms with E-state index in [0.717, 1.165) is 30.3 Å². The highest BCUT2D eigenvalue weighted by Gasteiger charge is 2.53. The number of aliphatic hydroxyl groups excluding tert-OH is 9. The molecule has 0 spiro atoms. The highest BCUT2D eigenvalue weighted by atomic mass is 16.8. The Bertz CT molecular complexity index is 1640. The van der Waals surface area contributed by atoms with Crippen LogP contribution >= 0.6 is 0 Å². The third-order valence-corrected chi connectivity index (χ3v) is 9.45. The van der Waals surface area contributed by atoms with Crippen LogP contribution in [0.15, 0.2) is 42.5 Å². The molecule has 3 fully saturated rings. The molecule has 16 unspecified atom stereocenters. The van der Waals surface area contributed by atoms with Crippen molar-refractivity contribution in [1.82, 2.24) is 0 Å². The highest BCUT2D eigenvalue weighted by molar-refractivity contribution is 5.87. The zero-order valence-electron chi connectivity index (χ0n) is 29.6. The summed E-state index contributed by atoms with van der Waals surface area (Å²) in [6, 6.07) is 7.08. The molecular weight excluding hydrogens is 756 g/mol. The van der Waals surface area contributed by atoms with Crippen LogP contribution in [0.3, 0.4) is 0 Å². The van der Waals surface area contributed by atoms with Crippen LogP contribution in [0, 0.1) is 0 Å². The summed E-state index contributed by atoms with van der Waals surface area (Å²) in [7, 11) is 0. The van der Waals surface area contributed by atoms with E-state index in [4.69, 9.17) is 33.2 Å². The number of ether oxygens (including phenoxy) is 7. The lowest BCUT2D eigenvalue weighted by atomic mass is 9.96. The second kappa shape index (κ2) is 18.7. The van der Waals surface area contributed by atoms with Gasteiger partial charge in [-0.1, -0.05) is 12.1 Å². The second-order valence-corrected chi connectivity index (χ2v) is 13.4. The quantitative estimate of drug-likeness (QED) is 0.0526. The fourth-order valence-corrected chi connectivity index (χ4v) is 6.15. The highest BCUT2D eigenvalue weighted by Crippen LogP contribution is 2.34. The molecule has 13 N–H and O–H groups in total. The summed E-state index contributed by atoms with van der Waals surface area (Å²) < 4.78 is 39.9. The number of carbonyl (C=O) groups excluding carboxylic acids is 1. The van der Waals surface area contributed by atoms with Crippen LogP contribution in [0.25, 0.3) is 6.08 Å². The number of phenolic OH excluding ortho intramolecular Hbond substituents is 4. The second-order valence-electron chi connectivity index (χ2n) is 13.4. The van der Waals surface area contributed by atoms with E-state index in [-0.39, 0.29) is 11.1 Å². The molecule has 3 aliphatic rings. The van der Waals surface area contributed by atoms with Crippen LogP contribution in [0.5, 0.6) is 23.0 Å². The SMILES string of the molecule is CC1OC(OC2C(O)C(OCC(O)c3ccc(O)c(O)c3)OC(COC3OC(CO)C(O)C(O)C3O)C2OC(=O)/C=C/c2ccc(O)c(O)c2)C(O)C(O)C1O. The van der Waals surface area contributed by atoms with E-state index in [9.17, 15) is 71.2 Å². The molecule has 2 aromatic rings. The van der Waals surface area contributed by atoms with Crippen LogP contribution in [-0.4, -0.2) is 184 Å². The van der Waals surface area contributed by atoms with Gasteiger partial charge in [0.1, 0.15) is 67.1 Å². The fraction of sp³-hybridized carbons (Fsp3) is 0.571. The Morgan fingerprint density at radius 2 is 1.30 bits per heavy atom. The van der Waals surface area contributed by atoms with E-state index in [0.29, 0.717) is 0 Å². The van der Waals surface area contributed by atoms with Gasteiger partial charge >= 0.3 is 5.97 Å². The summed E-state index contributed by atoms with van der Waals surface area (Å²) >= 11 is 0. The summed E-state index contributed by atoms with van der Waals surface area (Å²) in [6.45, 7) is -0.831. The molecule has 3 saturated heterocycles. The van der Waals surface area contributed by atoms with E-state index in [1.54, 1.807) is 0 Å². The molecule has 312 valence electrons. The molecule has 16 atom stereocenters. The van der Waals surface area contributed by atoms with Crippen molar-refractivity contribution < 1.29 is 104 Å². The molecule has 3 heterocycles. The molecule has 0 aliphatic carbocycles. The van der Waals surface area contributed by atoms with Crippen LogP contribution < -0.4 is 0 Å². The first-order valence-corrected chi connectivity index (χ1v) is 17.3. The van der Waals surface area contributed by atoms with Crippen molar-refractivity contribution in [2.24, 2.45) is 0 Å². The Kier molecular flexibility index (Phi) is 14.5. The summed E-state index contributed by atoms with van der Waals surface area (Å²) in [6.07, 6.45) is -25.2. The number of aliphatic hydroxyl groups is 9. The Hall–Kier alpha value is -3.75. The van der Waals surface area contributed by atoms with Gasteiger partial charge in [0.15, 0.2) is 48.0 Å². The molecule has 21 heteroatoms. The normalized spacial score (nSPS) is 37.0. The molecule has 0 amide bonds. The Morgan fingerprint density at radius 3 is 1.96 bits per heavy atom. The van der Waals surface area contributed by atoms with Crippen molar-refractivity contribution in [3.05, 3.63) is 53.6 Å². The number of rotatable bonds is 13. The van der Waals surface area contributed by atoms with Gasteiger partial charge in [0.25, 0.3) is 0 Å². The summed E-state index contributed by atoms with van der Waals surface area (Å²) in [5.74, 6) is -3.06. The lowest BCUT2D eigenvalue weighted by Gasteiger charge is -2.47. The van der Waals surface area contributed by atoms with Gasteiger partial charge in [-0.3, -0.25) is 0 Å². The Labute approximate surface area is 317 Å². The predicted octanol–water partition coefficient (Wildman–Crippen LogP) is -3.70. The van der Waals surface area contributed by atoms with Gasteiger partial charge in [-0.2, -0.15) is 0 Å². The number of esters is 1. The first-order chi connectivity index (χ1) is 26.5. The van der Waals surface area contributed by atoms with Crippen molar-refractivity contribution in [1.29, 1.82) is 0 Å². The Balaban J connectivity index is 1.45. The number of hydrogen-bond donors (Lipinski definition) is 13. The third-order valence-electron chi connectivity index (χ3n) is 9.45. The van der Waals surface area contributed by atoms with Gasteiger partial charge in [-0.25, -0.2) is 4.79 Å². The number of hydrogen-bond acceptors (Lipinski definition) is 21. The number of phenols is 4. The standard InChI is InChI=1S/C35H46O21/c1-13-24(43)26(45)29(48)35(52-13)56-32-30(49)34(50-11-20(41)15-4-6-17(38)19(40)9-15)54-22(12-51-33-28(47)27(46)25(44)21(10-36)53-33)31(32)55-23(42)7-3-14-2-5-16(37)18(39)8-14/h2-9,13,20-22,24-41,43-49H,10-12H2,1H3/b7-3+. The van der Waals surface area contributed by atoms with Crippen LogP contribution in [-0.2, 0) is 38.0 Å². The molecule has 0 saturated carbocycles. The van der Waals surface area contributed by atoms with Gasteiger partial charge in [0, 0.05) is 6.08 Å². The molecule has 5 rings (SSSR count). The summed E-state index contributed by atoms with van der Waals surface area (Å²) in [5.41, 5.74) is 0.309. The molecule has 2 aromatic carbocycles. The van der Waals surface area contributed by atoms with Gasteiger partial charge in [0.05, 0.1) is 25.9 Å². The van der Waals surface area contributed by atoms with Crippen LogP contribution in [0.4, 0.5) is 0 Å². The topological polar surface area (TPSA) is 345 Å². The van der Waals surface area contributed by atoms with Gasteiger partial charge in [-0.15, -0.1) is 0 Å². The smallest absolute Gasteiger partial charge is 0.331 e. The minimum atomic E-state index is -1.98. The Morgan fingerprint density at radius 1 is 0.696 bits per heavy atom. The number of benzene rings is 2. The lowest BCUT2D eigenvalue weighted by Crippen LogP contribution is -2.65. The molecule has 0 radical (unpaired) electrons. The van der Waals surface area contributed by atoms with Crippen LogP contribution in [0.2, 0.25) is 0 Å².